The van der Waals surface area contributed by atoms with Crippen molar-refractivity contribution in [3.8, 4) is 11.3 Å². The third-order valence-electron chi connectivity index (χ3n) is 8.62. The number of fused-ring (bicyclic) bond motifs is 1. The normalized spacial score (nSPS) is 17.3. The zero-order valence-corrected chi connectivity index (χ0v) is 23.6. The van der Waals surface area contributed by atoms with Gasteiger partial charge in [0.1, 0.15) is 0 Å². The number of rotatable bonds is 7. The topological polar surface area (TPSA) is 65.5 Å². The Morgan fingerprint density at radius 3 is 2.54 bits per heavy atom. The van der Waals surface area contributed by atoms with Crippen LogP contribution in [0.4, 0.5) is 5.69 Å². The second-order valence-corrected chi connectivity index (χ2v) is 11.3. The van der Waals surface area contributed by atoms with Crippen molar-refractivity contribution >= 4 is 28.4 Å². The summed E-state index contributed by atoms with van der Waals surface area (Å²) in [5, 5.41) is 4.21. The molecule has 1 aromatic heterocycles. The minimum absolute atomic E-state index is 0.0531. The highest BCUT2D eigenvalue weighted by Crippen LogP contribution is 2.33. The number of hydrogen-bond donors (Lipinski definition) is 1. The molecule has 2 aliphatic rings. The quantitative estimate of drug-likeness (QED) is 0.308. The van der Waals surface area contributed by atoms with Gasteiger partial charge in [0, 0.05) is 47.9 Å². The molecular weight excluding hydrogens is 508 g/mol. The largest absolute Gasteiger partial charge is 0.349 e. The molecule has 6 rings (SSSR count). The molecule has 1 aliphatic heterocycles. The van der Waals surface area contributed by atoms with Gasteiger partial charge in [0.2, 0.25) is 5.91 Å². The molecule has 0 unspecified atom stereocenters. The summed E-state index contributed by atoms with van der Waals surface area (Å²) in [6.07, 6.45) is 6.04. The number of nitrogens with zero attached hydrogens (tertiary/aromatic N) is 3. The molecule has 1 saturated heterocycles. The van der Waals surface area contributed by atoms with Crippen molar-refractivity contribution < 1.29 is 9.59 Å². The maximum Gasteiger partial charge on any atom is 0.252 e. The fraction of sp³-hybridized carbons (Fsp3) is 0.343. The van der Waals surface area contributed by atoms with E-state index in [0.29, 0.717) is 31.1 Å². The van der Waals surface area contributed by atoms with Crippen LogP contribution in [0, 0.1) is 18.1 Å². The van der Waals surface area contributed by atoms with Gasteiger partial charge in [0.25, 0.3) is 5.91 Å². The Labute approximate surface area is 242 Å². The van der Waals surface area contributed by atoms with Crippen molar-refractivity contribution in [3.63, 3.8) is 0 Å². The van der Waals surface area contributed by atoms with E-state index < -0.39 is 0 Å². The highest BCUT2D eigenvalue weighted by molar-refractivity contribution is 6.09. The van der Waals surface area contributed by atoms with Crippen molar-refractivity contribution in [1.29, 1.82) is 0 Å². The van der Waals surface area contributed by atoms with Gasteiger partial charge >= 0.3 is 0 Å². The first-order valence-corrected chi connectivity index (χ1v) is 14.8. The van der Waals surface area contributed by atoms with E-state index in [9.17, 15) is 9.59 Å². The summed E-state index contributed by atoms with van der Waals surface area (Å²) in [5.74, 6) is 0.475. The molecular formula is C35H36N4O2. The van der Waals surface area contributed by atoms with E-state index >= 15 is 0 Å². The Morgan fingerprint density at radius 2 is 1.78 bits per heavy atom. The number of hydrogen-bond acceptors (Lipinski definition) is 4. The molecule has 1 N–H and O–H groups in total. The van der Waals surface area contributed by atoms with Crippen LogP contribution in [0.5, 0.6) is 0 Å². The predicted octanol–water partition coefficient (Wildman–Crippen LogP) is 6.05. The van der Waals surface area contributed by atoms with Crippen LogP contribution in [0.2, 0.25) is 0 Å². The molecule has 2 amide bonds. The smallest absolute Gasteiger partial charge is 0.252 e. The lowest BCUT2D eigenvalue weighted by Crippen LogP contribution is -2.50. The van der Waals surface area contributed by atoms with Gasteiger partial charge in [0.05, 0.1) is 23.3 Å². The molecule has 2 heterocycles. The molecule has 1 saturated carbocycles. The average Bonchev–Trinajstić information content (AvgIpc) is 3.02. The fourth-order valence-electron chi connectivity index (χ4n) is 6.39. The summed E-state index contributed by atoms with van der Waals surface area (Å²) in [4.78, 5) is 36.5. The van der Waals surface area contributed by atoms with Gasteiger partial charge in [-0.05, 0) is 62.1 Å². The maximum atomic E-state index is 14.2. The molecule has 0 radical (unpaired) electrons. The molecule has 1 atom stereocenters. The van der Waals surface area contributed by atoms with Crippen molar-refractivity contribution in [2.24, 2.45) is 5.92 Å². The molecule has 0 bridgehead atoms. The van der Waals surface area contributed by atoms with E-state index in [0.717, 1.165) is 46.3 Å². The van der Waals surface area contributed by atoms with Crippen LogP contribution in [0.1, 0.15) is 54.9 Å². The van der Waals surface area contributed by atoms with Crippen LogP contribution in [0.15, 0.2) is 72.8 Å². The maximum absolute atomic E-state index is 14.2. The van der Waals surface area contributed by atoms with Gasteiger partial charge in [-0.2, -0.15) is 0 Å². The number of carbonyl (C=O) groups excluding carboxylic acids is 2. The van der Waals surface area contributed by atoms with Crippen LogP contribution in [-0.2, 0) is 11.3 Å². The van der Waals surface area contributed by atoms with Crippen molar-refractivity contribution in [1.82, 2.24) is 15.2 Å². The third kappa shape index (κ3) is 5.82. The molecule has 0 spiro atoms. The number of pyridine rings is 1. The zero-order chi connectivity index (χ0) is 28.2. The standard InChI is InChI=1S/C35H36N4O2/c1-25(26-13-5-2-6-14-26)36-35(41)33-29-19-11-12-20-31(29)37-34(27-15-7-3-8-16-27)30(33)23-38-21-22-39(32(40)24-38)28-17-9-4-10-18-28/h4,7,9-12,15-20,25-26H,2,5-6,13-14,21-24H2,1H3,(H,36,41)/t25-/m0/s1. The fourth-order valence-corrected chi connectivity index (χ4v) is 6.39. The first kappa shape index (κ1) is 27.0. The van der Waals surface area contributed by atoms with E-state index in [-0.39, 0.29) is 24.4 Å². The Bertz CT molecular complexity index is 1520. The number of benzene rings is 2. The molecule has 2 fully saturated rings. The number of para-hydroxylation sites is 2. The van der Waals surface area contributed by atoms with E-state index in [4.69, 9.17) is 4.98 Å². The molecule has 1 aliphatic carbocycles. The lowest BCUT2D eigenvalue weighted by atomic mass is 9.84. The summed E-state index contributed by atoms with van der Waals surface area (Å²) in [6, 6.07) is 29.4. The number of nitrogens with one attached hydrogen (secondary N) is 1. The molecule has 208 valence electrons. The van der Waals surface area contributed by atoms with Gasteiger partial charge in [-0.15, -0.1) is 0 Å². The summed E-state index contributed by atoms with van der Waals surface area (Å²) in [5.41, 5.74) is 4.82. The highest BCUT2D eigenvalue weighted by atomic mass is 16.2. The number of carbonyl (C=O) groups is 2. The van der Waals surface area contributed by atoms with Gasteiger partial charge in [-0.25, -0.2) is 4.98 Å². The average molecular weight is 545 g/mol. The summed E-state index contributed by atoms with van der Waals surface area (Å²) >= 11 is 0. The van der Waals surface area contributed by atoms with E-state index in [1.54, 1.807) is 0 Å². The lowest BCUT2D eigenvalue weighted by Gasteiger charge is -2.35. The van der Waals surface area contributed by atoms with Crippen LogP contribution in [0.25, 0.3) is 22.2 Å². The van der Waals surface area contributed by atoms with Gasteiger partial charge in [-0.3, -0.25) is 14.5 Å². The van der Waals surface area contributed by atoms with Crippen molar-refractivity contribution in [2.45, 2.75) is 51.6 Å². The third-order valence-corrected chi connectivity index (χ3v) is 8.62. The lowest BCUT2D eigenvalue weighted by molar-refractivity contribution is -0.121. The van der Waals surface area contributed by atoms with Crippen LogP contribution < -0.4 is 10.2 Å². The monoisotopic (exact) mass is 544 g/mol. The number of aromatic nitrogens is 1. The SMILES string of the molecule is C[C@H](NC(=O)c1c(CN2CCN(c3ccccc3)C(=O)C2)c(-c2cc#ccc2)nc2ccccc12)C1CCCCC1. The molecule has 41 heavy (non-hydrogen) atoms. The molecule has 6 nitrogen and oxygen atoms in total. The first-order chi connectivity index (χ1) is 20.1. The Hall–Kier alpha value is -4.21. The number of anilines is 1. The van der Waals surface area contributed by atoms with Gasteiger partial charge < -0.3 is 10.2 Å². The van der Waals surface area contributed by atoms with Gasteiger partial charge in [-0.1, -0.05) is 67.8 Å². The summed E-state index contributed by atoms with van der Waals surface area (Å²) < 4.78 is 0. The Morgan fingerprint density at radius 1 is 1.00 bits per heavy atom. The predicted molar refractivity (Wildman–Crippen MR) is 162 cm³/mol. The molecule has 6 heteroatoms. The van der Waals surface area contributed by atoms with E-state index in [1.807, 2.05) is 77.7 Å². The second kappa shape index (κ2) is 12.1. The molecule has 4 aromatic rings. The Balaban J connectivity index is 1.38. The first-order valence-electron chi connectivity index (χ1n) is 14.8. The van der Waals surface area contributed by atoms with Crippen LogP contribution in [-0.4, -0.2) is 47.4 Å². The van der Waals surface area contributed by atoms with Crippen LogP contribution in [0.3, 0.4) is 0 Å². The number of amides is 2. The summed E-state index contributed by atoms with van der Waals surface area (Å²) in [7, 11) is 0. The van der Waals surface area contributed by atoms with Crippen LogP contribution >= 0.6 is 0 Å². The minimum atomic E-state index is -0.0707. The van der Waals surface area contributed by atoms with Gasteiger partial charge in [0.15, 0.2) is 0 Å². The van der Waals surface area contributed by atoms with E-state index in [1.165, 1.54) is 19.3 Å². The highest BCUT2D eigenvalue weighted by Gasteiger charge is 2.30. The van der Waals surface area contributed by atoms with Crippen molar-refractivity contribution in [2.75, 3.05) is 24.5 Å². The molecule has 3 aromatic carbocycles. The summed E-state index contributed by atoms with van der Waals surface area (Å²) in [6.45, 7) is 4.14. The van der Waals surface area contributed by atoms with Crippen molar-refractivity contribution in [3.05, 3.63) is 96.1 Å². The van der Waals surface area contributed by atoms with E-state index in [2.05, 4.69) is 29.3 Å². The zero-order valence-electron chi connectivity index (χ0n) is 23.6. The Kier molecular flexibility index (Phi) is 7.98. The minimum Gasteiger partial charge on any atom is -0.349 e. The second-order valence-electron chi connectivity index (χ2n) is 11.3. The number of piperazine rings is 1.